The molecule has 0 fully saturated rings. The van der Waals surface area contributed by atoms with E-state index in [0.717, 1.165) is 10.5 Å². The van der Waals surface area contributed by atoms with Gasteiger partial charge in [0.1, 0.15) is 12.6 Å². The largest absolute Gasteiger partial charge is 0.503 e. The van der Waals surface area contributed by atoms with Gasteiger partial charge in [-0.25, -0.2) is 14.3 Å². The van der Waals surface area contributed by atoms with Gasteiger partial charge in [0, 0.05) is 6.20 Å². The van der Waals surface area contributed by atoms with E-state index < -0.39 is 0 Å². The van der Waals surface area contributed by atoms with Crippen molar-refractivity contribution in [2.75, 3.05) is 13.6 Å². The van der Waals surface area contributed by atoms with Crippen LogP contribution in [0.15, 0.2) is 28.5 Å². The lowest BCUT2D eigenvalue weighted by Gasteiger charge is -2.06. The van der Waals surface area contributed by atoms with Crippen LogP contribution in [-0.2, 0) is 7.05 Å². The van der Waals surface area contributed by atoms with Crippen LogP contribution in [0.25, 0.3) is 5.76 Å². The molecule has 0 aromatic carbocycles. The average Bonchev–Trinajstić information content (AvgIpc) is 3.29. The quantitative estimate of drug-likeness (QED) is 0.668. The van der Waals surface area contributed by atoms with Crippen molar-refractivity contribution in [3.63, 3.8) is 0 Å². The Labute approximate surface area is 149 Å². The van der Waals surface area contributed by atoms with Gasteiger partial charge in [-0.2, -0.15) is 4.57 Å². The van der Waals surface area contributed by atoms with Crippen molar-refractivity contribution in [2.45, 2.75) is 6.04 Å². The molecule has 6 nitrogen and oxygen atoms in total. The first-order valence-electron chi connectivity index (χ1n) is 7.22. The van der Waals surface area contributed by atoms with Crippen molar-refractivity contribution < 1.29 is 5.11 Å². The summed E-state index contributed by atoms with van der Waals surface area (Å²) in [7, 11) is 3.65. The Kier molecular flexibility index (Phi) is 3.63. The molecule has 1 aliphatic heterocycles. The van der Waals surface area contributed by atoms with E-state index in [9.17, 15) is 9.90 Å². The third-order valence-corrected chi connectivity index (χ3v) is 6.26. The Hall–Kier alpha value is -1.90. The van der Waals surface area contributed by atoms with Gasteiger partial charge in [0.05, 0.1) is 23.8 Å². The topological polar surface area (TPSA) is 63.1 Å². The van der Waals surface area contributed by atoms with Crippen LogP contribution < -0.4 is 21.1 Å². The lowest BCUT2D eigenvalue weighted by Crippen LogP contribution is -2.36. The molecule has 1 atom stereocenters. The maximum Gasteiger partial charge on any atom is 0.363 e. The molecule has 4 rings (SSSR count). The molecule has 0 bridgehead atoms. The highest BCUT2D eigenvalue weighted by Gasteiger charge is 2.35. The molecule has 0 amide bonds. The molecule has 0 spiro atoms. The van der Waals surface area contributed by atoms with Crippen LogP contribution in [0, 0.1) is 0 Å². The first-order valence-corrected chi connectivity index (χ1v) is 9.30. The number of aliphatic hydroxyl groups excluding tert-OH is 1. The molecule has 1 N–H and O–H groups in total. The molecule has 124 valence electrons. The standard InChI is InChI=1S/C15H13ClN4O2S2/c1-18-7-8(10-6-17-14(16)24-10)20-11(13(22)19(2)15(18)20)12(21)9-4-3-5-23-9/h3-6,8H,7H2,1-2H3/p+1. The minimum atomic E-state index is -0.219. The van der Waals surface area contributed by atoms with Gasteiger partial charge in [0.2, 0.25) is 5.35 Å². The normalized spacial score (nSPS) is 18.1. The lowest BCUT2D eigenvalue weighted by atomic mass is 10.2. The number of thiophene rings is 1. The number of hydrogen-bond donors (Lipinski definition) is 1. The van der Waals surface area contributed by atoms with Crippen molar-refractivity contribution in [2.24, 2.45) is 7.05 Å². The number of nitrogens with zero attached hydrogens (tertiary/aromatic N) is 4. The van der Waals surface area contributed by atoms with Crippen LogP contribution in [0.4, 0.5) is 0 Å². The van der Waals surface area contributed by atoms with Crippen LogP contribution in [0.1, 0.15) is 15.8 Å². The molecule has 24 heavy (non-hydrogen) atoms. The van der Waals surface area contributed by atoms with E-state index in [1.165, 1.54) is 22.7 Å². The van der Waals surface area contributed by atoms with Crippen LogP contribution >= 0.6 is 34.3 Å². The molecule has 3 aromatic heterocycles. The molecule has 1 aliphatic rings. The highest BCUT2D eigenvalue weighted by molar-refractivity contribution is 7.15. The zero-order chi connectivity index (χ0) is 17.0. The van der Waals surface area contributed by atoms with Crippen LogP contribution in [0.5, 0.6) is 0 Å². The predicted molar refractivity (Wildman–Crippen MR) is 95.7 cm³/mol. The summed E-state index contributed by atoms with van der Waals surface area (Å²) < 4.78 is 5.93. The Morgan fingerprint density at radius 1 is 1.54 bits per heavy atom. The fourth-order valence-corrected chi connectivity index (χ4v) is 4.86. The van der Waals surface area contributed by atoms with Crippen LogP contribution in [-0.4, -0.2) is 32.8 Å². The molecule has 0 radical (unpaired) electrons. The summed E-state index contributed by atoms with van der Waals surface area (Å²) in [6.45, 7) is 0.687. The summed E-state index contributed by atoms with van der Waals surface area (Å²) in [5.41, 5.74) is 0.538. The fourth-order valence-electron chi connectivity index (χ4n) is 3.15. The summed E-state index contributed by atoms with van der Waals surface area (Å²) in [6, 6.07) is 3.54. The van der Waals surface area contributed by atoms with Crippen LogP contribution in [0.2, 0.25) is 4.47 Å². The summed E-state index contributed by atoms with van der Waals surface area (Å²) in [5, 5.41) is 12.9. The van der Waals surface area contributed by atoms with Crippen LogP contribution in [0.3, 0.4) is 0 Å². The Bertz CT molecular complexity index is 1110. The first-order chi connectivity index (χ1) is 11.5. The molecule has 0 aliphatic carbocycles. The van der Waals surface area contributed by atoms with E-state index in [1.54, 1.807) is 23.9 Å². The van der Waals surface area contributed by atoms with Gasteiger partial charge in [-0.1, -0.05) is 17.7 Å². The van der Waals surface area contributed by atoms with E-state index in [4.69, 9.17) is 11.6 Å². The number of imidazole rings is 1. The third kappa shape index (κ3) is 2.17. The maximum absolute atomic E-state index is 12.8. The fraction of sp³-hybridized carbons (Fsp3) is 0.267. The summed E-state index contributed by atoms with van der Waals surface area (Å²) in [4.78, 5) is 18.5. The molecule has 1 unspecified atom stereocenters. The van der Waals surface area contributed by atoms with E-state index >= 15 is 0 Å². The summed E-state index contributed by atoms with van der Waals surface area (Å²) in [6.07, 6.45) is 1.73. The number of aliphatic hydroxyl groups is 1. The summed E-state index contributed by atoms with van der Waals surface area (Å²) >= 11 is 8.78. The van der Waals surface area contributed by atoms with E-state index in [2.05, 4.69) is 4.98 Å². The van der Waals surface area contributed by atoms with Gasteiger partial charge in [-0.05, 0) is 11.4 Å². The zero-order valence-corrected chi connectivity index (χ0v) is 15.3. The smallest absolute Gasteiger partial charge is 0.363 e. The lowest BCUT2D eigenvalue weighted by molar-refractivity contribution is 0.496. The molecule has 0 saturated heterocycles. The Morgan fingerprint density at radius 3 is 2.96 bits per heavy atom. The van der Waals surface area contributed by atoms with Crippen molar-refractivity contribution >= 4 is 40.0 Å². The van der Waals surface area contributed by atoms with Gasteiger partial charge in [-0.15, -0.1) is 22.7 Å². The first kappa shape index (κ1) is 15.6. The zero-order valence-electron chi connectivity index (χ0n) is 12.9. The average molecular weight is 382 g/mol. The van der Waals surface area contributed by atoms with Gasteiger partial charge in [-0.3, -0.25) is 4.58 Å². The number of likely N-dealkylation sites (N-methyl/N-ethyl adjacent to an activating group) is 1. The van der Waals surface area contributed by atoms with Gasteiger partial charge in [0.15, 0.2) is 10.2 Å². The molecule has 9 heteroatoms. The minimum absolute atomic E-state index is 0.00719. The van der Waals surface area contributed by atoms with Crippen molar-refractivity contribution in [3.8, 4) is 0 Å². The predicted octanol–water partition coefficient (Wildman–Crippen LogP) is 0.797. The van der Waals surface area contributed by atoms with E-state index in [0.29, 0.717) is 21.2 Å². The second-order valence-electron chi connectivity index (χ2n) is 5.62. The highest BCUT2D eigenvalue weighted by atomic mass is 35.5. The second kappa shape index (κ2) is 5.58. The Balaban J connectivity index is 2.09. The molecule has 0 saturated carbocycles. The number of hydrogen-bond acceptors (Lipinski definition) is 5. The Morgan fingerprint density at radius 2 is 2.33 bits per heavy atom. The number of halogens is 1. The van der Waals surface area contributed by atoms with Crippen molar-refractivity contribution in [1.29, 1.82) is 0 Å². The van der Waals surface area contributed by atoms with Gasteiger partial charge < -0.3 is 5.11 Å². The molecular weight excluding hydrogens is 368 g/mol. The van der Waals surface area contributed by atoms with E-state index in [1.807, 2.05) is 27.6 Å². The molecule has 4 heterocycles. The number of thiazole rings is 1. The molecule has 3 aromatic rings. The minimum Gasteiger partial charge on any atom is -0.503 e. The second-order valence-corrected chi connectivity index (χ2v) is 8.21. The summed E-state index contributed by atoms with van der Waals surface area (Å²) in [5.74, 6) is 0.00719. The van der Waals surface area contributed by atoms with Crippen molar-refractivity contribution in [1.82, 2.24) is 18.7 Å². The molecular formula is C15H14ClN4O2S2+. The maximum atomic E-state index is 12.8. The number of rotatable bonds is 2. The van der Waals surface area contributed by atoms with Gasteiger partial charge >= 0.3 is 11.2 Å². The number of fused-ring (bicyclic) bond motifs is 1. The van der Waals surface area contributed by atoms with E-state index in [-0.39, 0.29) is 17.4 Å². The highest BCUT2D eigenvalue weighted by Crippen LogP contribution is 2.27. The number of aromatic nitrogens is 3. The SMILES string of the molecule is Cn1c(=O)/c(=C(/O)c2cccs2)n2c1=[N+](C)CC2c1cnc(Cl)s1. The monoisotopic (exact) mass is 381 g/mol. The van der Waals surface area contributed by atoms with Crippen molar-refractivity contribution in [3.05, 3.63) is 59.3 Å². The third-order valence-electron chi connectivity index (χ3n) is 4.17. The van der Waals surface area contributed by atoms with Gasteiger partial charge in [0.25, 0.3) is 0 Å².